The van der Waals surface area contributed by atoms with E-state index in [1.165, 1.54) is 18.2 Å². The maximum Gasteiger partial charge on any atom is 0.409 e. The lowest BCUT2D eigenvalue weighted by atomic mass is 10.0. The maximum absolute atomic E-state index is 14.5. The van der Waals surface area contributed by atoms with E-state index in [4.69, 9.17) is 32.9 Å². The summed E-state index contributed by atoms with van der Waals surface area (Å²) in [6, 6.07) is 13.4. The number of carbonyl (C=O) groups excluding carboxylic acids is 2. The lowest BCUT2D eigenvalue weighted by Crippen LogP contribution is -2.39. The Kier molecular flexibility index (Phi) is 7.51. The molecule has 1 aliphatic heterocycles. The number of hydrogen-bond acceptors (Lipinski definition) is 5. The number of hydrogen-bond donors (Lipinski definition) is 2. The SMILES string of the molecule is CCOC(=O)N1CCC(n2c(NC(=O)c3cc(Cl)c4nc(-c5c(F)cccc5Cl)[nH]c4c3)nc3ccc(C)cc32)CC1. The van der Waals surface area contributed by atoms with Crippen molar-refractivity contribution in [1.29, 1.82) is 0 Å². The van der Waals surface area contributed by atoms with Crippen molar-refractivity contribution in [3.05, 3.63) is 75.5 Å². The fourth-order valence-electron chi connectivity index (χ4n) is 5.40. The van der Waals surface area contributed by atoms with Crippen LogP contribution >= 0.6 is 23.2 Å². The molecule has 3 aromatic carbocycles. The van der Waals surface area contributed by atoms with Gasteiger partial charge >= 0.3 is 6.09 Å². The molecule has 0 bridgehead atoms. The van der Waals surface area contributed by atoms with E-state index in [-0.39, 0.29) is 39.1 Å². The van der Waals surface area contributed by atoms with E-state index >= 15 is 0 Å². The first-order chi connectivity index (χ1) is 20.2. The summed E-state index contributed by atoms with van der Waals surface area (Å²) in [6.45, 7) is 5.18. The van der Waals surface area contributed by atoms with Gasteiger partial charge in [0.1, 0.15) is 17.2 Å². The molecule has 3 heterocycles. The lowest BCUT2D eigenvalue weighted by Gasteiger charge is -2.32. The van der Waals surface area contributed by atoms with E-state index < -0.39 is 11.7 Å². The molecule has 0 saturated carbocycles. The number of anilines is 1. The Balaban J connectivity index is 1.32. The third kappa shape index (κ3) is 5.16. The van der Waals surface area contributed by atoms with Crippen molar-refractivity contribution in [1.82, 2.24) is 24.4 Å². The standard InChI is InChI=1S/C30H27Cl2FN6O3/c1-3-42-30(41)38-11-9-18(10-12-38)39-24-13-16(2)7-8-22(24)35-29(39)37-28(40)17-14-20(32)26-23(15-17)34-27(36-26)25-19(31)5-4-6-21(25)33/h4-8,13-15,18H,3,9-12H2,1-2H3,(H,34,36)(H,35,37,40). The number of aromatic nitrogens is 4. The Morgan fingerprint density at radius 1 is 1.10 bits per heavy atom. The second kappa shape index (κ2) is 11.3. The van der Waals surface area contributed by atoms with E-state index in [9.17, 15) is 14.0 Å². The molecule has 0 radical (unpaired) electrons. The van der Waals surface area contributed by atoms with Crippen molar-refractivity contribution in [2.24, 2.45) is 0 Å². The average Bonchev–Trinajstić information content (AvgIpc) is 3.54. The van der Waals surface area contributed by atoms with Crippen LogP contribution in [0.25, 0.3) is 33.5 Å². The van der Waals surface area contributed by atoms with Gasteiger partial charge in [0.2, 0.25) is 5.95 Å². The van der Waals surface area contributed by atoms with Crippen LogP contribution in [0.3, 0.4) is 0 Å². The van der Waals surface area contributed by atoms with E-state index in [0.717, 1.165) is 16.6 Å². The van der Waals surface area contributed by atoms with Gasteiger partial charge in [-0.3, -0.25) is 10.1 Å². The van der Waals surface area contributed by atoms with Gasteiger partial charge in [-0.05, 0) is 68.7 Å². The summed E-state index contributed by atoms with van der Waals surface area (Å²) in [4.78, 5) is 39.7. The number of fused-ring (bicyclic) bond motifs is 2. The average molecular weight is 609 g/mol. The summed E-state index contributed by atoms with van der Waals surface area (Å²) in [5.41, 5.74) is 3.94. The molecule has 2 amide bonds. The smallest absolute Gasteiger partial charge is 0.409 e. The number of aryl methyl sites for hydroxylation is 1. The highest BCUT2D eigenvalue weighted by atomic mass is 35.5. The van der Waals surface area contributed by atoms with Crippen LogP contribution < -0.4 is 5.32 Å². The van der Waals surface area contributed by atoms with E-state index in [0.29, 0.717) is 49.5 Å². The first-order valence-electron chi connectivity index (χ1n) is 13.6. The van der Waals surface area contributed by atoms with Crippen molar-refractivity contribution in [3.8, 4) is 11.4 Å². The van der Waals surface area contributed by atoms with Gasteiger partial charge in [-0.25, -0.2) is 19.2 Å². The Labute approximate surface area is 250 Å². The van der Waals surface area contributed by atoms with Crippen LogP contribution in [-0.2, 0) is 4.74 Å². The van der Waals surface area contributed by atoms with E-state index in [1.54, 1.807) is 24.0 Å². The van der Waals surface area contributed by atoms with Gasteiger partial charge in [0.05, 0.1) is 38.8 Å². The van der Waals surface area contributed by atoms with Crippen LogP contribution in [-0.4, -0.2) is 56.1 Å². The van der Waals surface area contributed by atoms with Crippen LogP contribution in [0.5, 0.6) is 0 Å². The number of aromatic amines is 1. The first kappa shape index (κ1) is 28.0. The fraction of sp³-hybridized carbons (Fsp3) is 0.267. The molecular formula is C30H27Cl2FN6O3. The zero-order valence-electron chi connectivity index (χ0n) is 22.9. The molecule has 0 unspecified atom stereocenters. The topological polar surface area (TPSA) is 105 Å². The molecular weight excluding hydrogens is 582 g/mol. The Hall–Kier alpha value is -4.15. The number of nitrogens with zero attached hydrogens (tertiary/aromatic N) is 4. The second-order valence-electron chi connectivity index (χ2n) is 10.2. The first-order valence-corrected chi connectivity index (χ1v) is 14.3. The number of benzene rings is 3. The normalized spacial score (nSPS) is 14.1. The highest BCUT2D eigenvalue weighted by molar-refractivity contribution is 6.36. The summed E-state index contributed by atoms with van der Waals surface area (Å²) < 4.78 is 21.7. The molecule has 9 nitrogen and oxygen atoms in total. The zero-order chi connectivity index (χ0) is 29.5. The number of nitrogens with one attached hydrogen (secondary N) is 2. The van der Waals surface area contributed by atoms with Crippen molar-refractivity contribution in [3.63, 3.8) is 0 Å². The van der Waals surface area contributed by atoms with Crippen molar-refractivity contribution >= 4 is 63.2 Å². The van der Waals surface area contributed by atoms with Gasteiger partial charge in [-0.2, -0.15) is 0 Å². The summed E-state index contributed by atoms with van der Waals surface area (Å²) in [5, 5.41) is 3.39. The Bertz CT molecular complexity index is 1820. The van der Waals surface area contributed by atoms with E-state index in [2.05, 4.69) is 15.3 Å². The van der Waals surface area contributed by atoms with Crippen molar-refractivity contribution in [2.75, 3.05) is 25.0 Å². The number of ether oxygens (including phenoxy) is 1. The summed E-state index contributed by atoms with van der Waals surface area (Å²) in [6.07, 6.45) is 1.03. The maximum atomic E-state index is 14.5. The highest BCUT2D eigenvalue weighted by Gasteiger charge is 2.28. The molecule has 0 spiro atoms. The third-order valence-corrected chi connectivity index (χ3v) is 8.03. The number of rotatable bonds is 5. The minimum Gasteiger partial charge on any atom is -0.450 e. The van der Waals surface area contributed by atoms with Crippen LogP contribution in [0.4, 0.5) is 15.1 Å². The third-order valence-electron chi connectivity index (χ3n) is 7.43. The van der Waals surface area contributed by atoms with Gasteiger partial charge in [0.15, 0.2) is 0 Å². The monoisotopic (exact) mass is 608 g/mol. The number of halogens is 3. The lowest BCUT2D eigenvalue weighted by molar-refractivity contribution is 0.0932. The molecule has 6 rings (SSSR count). The van der Waals surface area contributed by atoms with Crippen LogP contribution in [0.2, 0.25) is 10.0 Å². The number of amides is 2. The Morgan fingerprint density at radius 2 is 1.88 bits per heavy atom. The quantitative estimate of drug-likeness (QED) is 0.216. The van der Waals surface area contributed by atoms with Gasteiger partial charge in [-0.15, -0.1) is 0 Å². The number of H-pyrrole nitrogens is 1. The summed E-state index contributed by atoms with van der Waals surface area (Å²) in [5.74, 6) is -0.345. The van der Waals surface area contributed by atoms with Crippen molar-refractivity contribution < 1.29 is 18.7 Å². The van der Waals surface area contributed by atoms with Gasteiger partial charge < -0.3 is 19.2 Å². The molecule has 1 saturated heterocycles. The molecule has 1 fully saturated rings. The number of likely N-dealkylation sites (tertiary alicyclic amines) is 1. The molecule has 2 N–H and O–H groups in total. The molecule has 12 heteroatoms. The van der Waals surface area contributed by atoms with Crippen LogP contribution in [0.1, 0.15) is 41.7 Å². The van der Waals surface area contributed by atoms with Crippen molar-refractivity contribution in [2.45, 2.75) is 32.7 Å². The highest BCUT2D eigenvalue weighted by Crippen LogP contribution is 2.34. The van der Waals surface area contributed by atoms with E-state index in [1.807, 2.05) is 29.7 Å². The van der Waals surface area contributed by atoms with Crippen LogP contribution in [0, 0.1) is 12.7 Å². The molecule has 42 heavy (non-hydrogen) atoms. The minimum absolute atomic E-state index is 0.00419. The number of piperidine rings is 1. The summed E-state index contributed by atoms with van der Waals surface area (Å²) in [7, 11) is 0. The van der Waals surface area contributed by atoms with Crippen LogP contribution in [0.15, 0.2) is 48.5 Å². The van der Waals surface area contributed by atoms with Gasteiger partial charge in [-0.1, -0.05) is 35.3 Å². The molecule has 1 aliphatic rings. The predicted octanol–water partition coefficient (Wildman–Crippen LogP) is 7.38. The zero-order valence-corrected chi connectivity index (χ0v) is 24.4. The number of imidazole rings is 2. The predicted molar refractivity (Wildman–Crippen MR) is 161 cm³/mol. The second-order valence-corrected chi connectivity index (χ2v) is 11.0. The molecule has 5 aromatic rings. The number of carbonyl (C=O) groups is 2. The molecule has 216 valence electrons. The largest absolute Gasteiger partial charge is 0.450 e. The fourth-order valence-corrected chi connectivity index (χ4v) is 5.92. The summed E-state index contributed by atoms with van der Waals surface area (Å²) >= 11 is 12.8. The van der Waals surface area contributed by atoms with Gasteiger partial charge in [0.25, 0.3) is 5.91 Å². The molecule has 0 atom stereocenters. The Morgan fingerprint density at radius 3 is 2.62 bits per heavy atom. The molecule has 2 aromatic heterocycles. The molecule has 0 aliphatic carbocycles. The minimum atomic E-state index is -0.530. The van der Waals surface area contributed by atoms with Gasteiger partial charge in [0, 0.05) is 24.7 Å².